The summed E-state index contributed by atoms with van der Waals surface area (Å²) in [5.41, 5.74) is 4.31. The molecule has 0 radical (unpaired) electrons. The largest absolute Gasteiger partial charge is 0.329 e. The summed E-state index contributed by atoms with van der Waals surface area (Å²) in [5.74, 6) is -0.402. The van der Waals surface area contributed by atoms with Gasteiger partial charge in [-0.3, -0.25) is 9.59 Å². The van der Waals surface area contributed by atoms with E-state index in [2.05, 4.69) is 26.6 Å². The Morgan fingerprint density at radius 3 is 2.63 bits per heavy atom. The number of hydrogen-bond acceptors (Lipinski definition) is 7. The number of likely N-dealkylation sites (tertiary alicyclic amines) is 1. The van der Waals surface area contributed by atoms with Crippen LogP contribution in [0.25, 0.3) is 10.4 Å². The smallest absolute Gasteiger partial charge is 0.250 e. The first-order valence-corrected chi connectivity index (χ1v) is 12.9. The summed E-state index contributed by atoms with van der Waals surface area (Å²) in [7, 11) is 0. The Kier molecular flexibility index (Phi) is 6.78. The summed E-state index contributed by atoms with van der Waals surface area (Å²) in [6.07, 6.45) is 2.70. The van der Waals surface area contributed by atoms with Crippen molar-refractivity contribution in [3.63, 3.8) is 0 Å². The molecule has 2 aliphatic rings. The summed E-state index contributed by atoms with van der Waals surface area (Å²) < 4.78 is 0. The van der Waals surface area contributed by atoms with Gasteiger partial charge < -0.3 is 10.2 Å². The number of amides is 2. The zero-order valence-corrected chi connectivity index (χ0v) is 21.8. The third-order valence-electron chi connectivity index (χ3n) is 6.68. The second-order valence-electron chi connectivity index (χ2n) is 10.6. The van der Waals surface area contributed by atoms with Gasteiger partial charge in [-0.25, -0.2) is 4.98 Å². The molecule has 2 aromatic rings. The molecule has 0 unspecified atom stereocenters. The number of hydrogen-bond donors (Lipinski definition) is 1. The van der Waals surface area contributed by atoms with Crippen LogP contribution in [0.2, 0.25) is 0 Å². The molecule has 1 saturated carbocycles. The quantitative estimate of drug-likeness (QED) is 0.553. The predicted molar refractivity (Wildman–Crippen MR) is 136 cm³/mol. The number of aromatic nitrogens is 1. The van der Waals surface area contributed by atoms with Crippen LogP contribution in [0.1, 0.15) is 57.7 Å². The van der Waals surface area contributed by atoms with Crippen LogP contribution < -0.4 is 5.32 Å². The molecule has 35 heavy (non-hydrogen) atoms. The normalized spacial score (nSPS) is 20.0. The number of anilines is 1. The second-order valence-corrected chi connectivity index (χ2v) is 11.5. The van der Waals surface area contributed by atoms with E-state index >= 15 is 0 Å². The van der Waals surface area contributed by atoms with Gasteiger partial charge in [0.15, 0.2) is 11.6 Å². The monoisotopic (exact) mass is 492 g/mol. The van der Waals surface area contributed by atoms with Gasteiger partial charge in [0.2, 0.25) is 5.91 Å². The number of nitrogens with one attached hydrogen (secondary N) is 1. The maximum absolute atomic E-state index is 13.6. The summed E-state index contributed by atoms with van der Waals surface area (Å²) >= 11 is 1.59. The number of rotatable bonds is 6. The van der Waals surface area contributed by atoms with Crippen molar-refractivity contribution < 1.29 is 9.59 Å². The summed E-state index contributed by atoms with van der Waals surface area (Å²) in [6.45, 7) is 10.2. The van der Waals surface area contributed by atoms with Crippen LogP contribution in [0.5, 0.6) is 0 Å². The minimum absolute atomic E-state index is 0.194. The Bertz CT molecular complexity index is 1200. The Balaban J connectivity index is 1.50. The number of azo groups is 1. The SMILES string of the molecule is Cc1cc(-c2scnc2C)ccc1NC(=O)[C@@H]1CCCN1C(=O)[C@@H](N=NC1(C#N)CC1)C(C)(C)C. The Hall–Kier alpha value is -3.12. The van der Waals surface area contributed by atoms with Crippen LogP contribution in [0.3, 0.4) is 0 Å². The van der Waals surface area contributed by atoms with Crippen molar-refractivity contribution >= 4 is 28.8 Å². The molecule has 1 aliphatic heterocycles. The highest BCUT2D eigenvalue weighted by atomic mass is 32.1. The molecule has 4 rings (SSSR count). The molecule has 1 aromatic heterocycles. The van der Waals surface area contributed by atoms with Gasteiger partial charge in [-0.15, -0.1) is 11.3 Å². The van der Waals surface area contributed by atoms with Crippen molar-refractivity contribution in [1.82, 2.24) is 9.88 Å². The maximum atomic E-state index is 13.6. The van der Waals surface area contributed by atoms with Crippen LogP contribution in [0.4, 0.5) is 5.69 Å². The van der Waals surface area contributed by atoms with E-state index in [9.17, 15) is 14.9 Å². The van der Waals surface area contributed by atoms with Crippen molar-refractivity contribution in [3.05, 3.63) is 35.0 Å². The van der Waals surface area contributed by atoms with E-state index in [0.717, 1.165) is 33.8 Å². The molecule has 9 heteroatoms. The van der Waals surface area contributed by atoms with Crippen molar-refractivity contribution in [2.24, 2.45) is 15.6 Å². The third kappa shape index (κ3) is 5.27. The van der Waals surface area contributed by atoms with Gasteiger partial charge in [0.05, 0.1) is 22.2 Å². The molecule has 2 fully saturated rings. The molecule has 2 amide bonds. The third-order valence-corrected chi connectivity index (χ3v) is 7.66. The van der Waals surface area contributed by atoms with Crippen LogP contribution >= 0.6 is 11.3 Å². The molecule has 1 aromatic carbocycles. The first kappa shape index (κ1) is 25.0. The number of nitriles is 1. The van der Waals surface area contributed by atoms with Gasteiger partial charge in [0.25, 0.3) is 5.91 Å². The molecular formula is C26H32N6O2S. The number of benzene rings is 1. The summed E-state index contributed by atoms with van der Waals surface area (Å²) in [4.78, 5) is 33.9. The van der Waals surface area contributed by atoms with Crippen molar-refractivity contribution in [1.29, 1.82) is 5.26 Å². The van der Waals surface area contributed by atoms with E-state index < -0.39 is 23.0 Å². The van der Waals surface area contributed by atoms with Gasteiger partial charge >= 0.3 is 0 Å². The van der Waals surface area contributed by atoms with Crippen molar-refractivity contribution in [2.75, 3.05) is 11.9 Å². The highest BCUT2D eigenvalue weighted by Gasteiger charge is 2.46. The van der Waals surface area contributed by atoms with E-state index in [4.69, 9.17) is 0 Å². The summed E-state index contributed by atoms with van der Waals surface area (Å²) in [5, 5.41) is 21.0. The first-order valence-electron chi connectivity index (χ1n) is 12.0. The van der Waals surface area contributed by atoms with Crippen LogP contribution in [0, 0.1) is 30.6 Å². The Morgan fingerprint density at radius 2 is 2.06 bits per heavy atom. The van der Waals surface area contributed by atoms with Gasteiger partial charge in [0.1, 0.15) is 6.04 Å². The second kappa shape index (κ2) is 9.50. The molecular weight excluding hydrogens is 460 g/mol. The predicted octanol–water partition coefficient (Wildman–Crippen LogP) is 5.28. The van der Waals surface area contributed by atoms with Gasteiger partial charge in [0, 0.05) is 12.2 Å². The highest BCUT2D eigenvalue weighted by Crippen LogP contribution is 2.40. The lowest BCUT2D eigenvalue weighted by atomic mass is 9.86. The molecule has 2 atom stereocenters. The highest BCUT2D eigenvalue weighted by molar-refractivity contribution is 7.13. The average Bonchev–Trinajstić information content (AvgIpc) is 3.19. The minimum Gasteiger partial charge on any atom is -0.329 e. The lowest BCUT2D eigenvalue weighted by molar-refractivity contribution is -0.139. The lowest BCUT2D eigenvalue weighted by Gasteiger charge is -2.32. The van der Waals surface area contributed by atoms with E-state index in [1.807, 2.05) is 58.3 Å². The maximum Gasteiger partial charge on any atom is 0.250 e. The molecule has 184 valence electrons. The Morgan fingerprint density at radius 1 is 1.31 bits per heavy atom. The number of aryl methyl sites for hydroxylation is 2. The van der Waals surface area contributed by atoms with Crippen LogP contribution in [0.15, 0.2) is 33.9 Å². The topological polar surface area (TPSA) is 111 Å². The average molecular weight is 493 g/mol. The van der Waals surface area contributed by atoms with E-state index in [-0.39, 0.29) is 11.8 Å². The van der Waals surface area contributed by atoms with Gasteiger partial charge in [-0.05, 0) is 68.2 Å². The fourth-order valence-corrected chi connectivity index (χ4v) is 5.12. The Labute approximate surface area is 210 Å². The van der Waals surface area contributed by atoms with Gasteiger partial charge in [-0.2, -0.15) is 15.5 Å². The standard InChI is InChI=1S/C26H32N6O2S/c1-16-13-18(21-17(2)28-15-35-21)8-9-19(16)29-23(33)20-7-6-12-32(20)24(34)22(25(3,4)5)30-31-26(14-27)10-11-26/h8-9,13,15,20,22H,6-7,10-12H2,1-5H3,(H,29,33)/t20-,22+/m0/s1. The number of carbonyl (C=O) groups excluding carboxylic acids is 2. The zero-order valence-electron chi connectivity index (χ0n) is 21.0. The molecule has 1 saturated heterocycles. The first-order chi connectivity index (χ1) is 16.5. The van der Waals surface area contributed by atoms with E-state index in [1.165, 1.54) is 0 Å². The number of carbonyl (C=O) groups is 2. The molecule has 0 spiro atoms. The molecule has 0 bridgehead atoms. The zero-order chi connectivity index (χ0) is 25.4. The van der Waals surface area contributed by atoms with E-state index in [1.54, 1.807) is 16.2 Å². The molecule has 1 N–H and O–H groups in total. The van der Waals surface area contributed by atoms with Gasteiger partial charge in [-0.1, -0.05) is 26.8 Å². The van der Waals surface area contributed by atoms with Crippen molar-refractivity contribution in [3.8, 4) is 16.5 Å². The fourth-order valence-electron chi connectivity index (χ4n) is 4.31. The molecule has 8 nitrogen and oxygen atoms in total. The molecule has 2 heterocycles. The van der Waals surface area contributed by atoms with Crippen molar-refractivity contribution in [2.45, 2.75) is 77.9 Å². The van der Waals surface area contributed by atoms with E-state index in [0.29, 0.717) is 25.8 Å². The van der Waals surface area contributed by atoms with Crippen LogP contribution in [-0.4, -0.2) is 45.9 Å². The lowest BCUT2D eigenvalue weighted by Crippen LogP contribution is -2.50. The number of nitrogens with zero attached hydrogens (tertiary/aromatic N) is 5. The molecule has 1 aliphatic carbocycles. The summed E-state index contributed by atoms with van der Waals surface area (Å²) in [6, 6.07) is 6.83. The number of thiazole rings is 1. The fraction of sp³-hybridized carbons (Fsp3) is 0.538. The van der Waals surface area contributed by atoms with Crippen LogP contribution in [-0.2, 0) is 9.59 Å². The minimum atomic E-state index is -0.771.